The quantitative estimate of drug-likeness (QED) is 0.509. The van der Waals surface area contributed by atoms with E-state index >= 15 is 0 Å². The van der Waals surface area contributed by atoms with E-state index in [1.54, 1.807) is 30.5 Å². The van der Waals surface area contributed by atoms with Crippen LogP contribution >= 0.6 is 22.6 Å². The zero-order valence-electron chi connectivity index (χ0n) is 10.3. The molecule has 0 amide bonds. The first-order valence-electron chi connectivity index (χ1n) is 5.70. The Morgan fingerprint density at radius 3 is 2.74 bits per heavy atom. The molecule has 0 unspecified atom stereocenters. The molecule has 0 aliphatic heterocycles. The Hall–Kier alpha value is -1.69. The summed E-state index contributed by atoms with van der Waals surface area (Å²) in [6, 6.07) is 12.4. The van der Waals surface area contributed by atoms with Gasteiger partial charge < -0.3 is 5.11 Å². The topological polar surface area (TPSA) is 49.7 Å². The van der Waals surface area contributed by atoms with Crippen molar-refractivity contribution in [3.63, 3.8) is 0 Å². The summed E-state index contributed by atoms with van der Waals surface area (Å²) in [6.45, 7) is 1.53. The van der Waals surface area contributed by atoms with Crippen molar-refractivity contribution >= 4 is 40.3 Å². The molecular formula is C15H12INO2. The molecule has 4 heteroatoms. The number of phenolic OH excluding ortho intramolecular Hbond substituents is 1. The number of ketones is 1. The summed E-state index contributed by atoms with van der Waals surface area (Å²) >= 11 is 2.06. The van der Waals surface area contributed by atoms with E-state index in [2.05, 4.69) is 27.6 Å². The van der Waals surface area contributed by atoms with Crippen LogP contribution in [-0.2, 0) is 0 Å². The summed E-state index contributed by atoms with van der Waals surface area (Å²) < 4.78 is 0.777. The average Bonchev–Trinajstić information content (AvgIpc) is 2.40. The van der Waals surface area contributed by atoms with Crippen molar-refractivity contribution in [3.8, 4) is 5.75 Å². The van der Waals surface area contributed by atoms with Gasteiger partial charge in [0.05, 0.1) is 9.26 Å². The monoisotopic (exact) mass is 365 g/mol. The molecule has 19 heavy (non-hydrogen) atoms. The van der Waals surface area contributed by atoms with E-state index in [9.17, 15) is 9.90 Å². The van der Waals surface area contributed by atoms with Crippen LogP contribution in [-0.4, -0.2) is 17.1 Å². The lowest BCUT2D eigenvalue weighted by Gasteiger charge is -1.99. The van der Waals surface area contributed by atoms with Gasteiger partial charge in [-0.05, 0) is 65.4 Å². The van der Waals surface area contributed by atoms with Crippen LogP contribution < -0.4 is 0 Å². The molecule has 0 spiro atoms. The van der Waals surface area contributed by atoms with E-state index in [0.29, 0.717) is 5.56 Å². The Bertz CT molecular complexity index is 650. The minimum Gasteiger partial charge on any atom is -0.507 e. The SMILES string of the molecule is CC(=O)c1cccc(N=Cc2ccc(O)c(I)c2)c1. The highest BCUT2D eigenvalue weighted by Crippen LogP contribution is 2.20. The van der Waals surface area contributed by atoms with Crippen LogP contribution in [0.4, 0.5) is 5.69 Å². The Labute approximate surface area is 125 Å². The molecule has 0 saturated heterocycles. The van der Waals surface area contributed by atoms with E-state index in [4.69, 9.17) is 0 Å². The first-order chi connectivity index (χ1) is 9.06. The highest BCUT2D eigenvalue weighted by atomic mass is 127. The van der Waals surface area contributed by atoms with Crippen LogP contribution in [0.1, 0.15) is 22.8 Å². The van der Waals surface area contributed by atoms with Crippen molar-refractivity contribution in [2.75, 3.05) is 0 Å². The molecule has 0 fully saturated rings. The van der Waals surface area contributed by atoms with Gasteiger partial charge in [0.25, 0.3) is 0 Å². The molecule has 2 aromatic rings. The molecule has 0 atom stereocenters. The predicted molar refractivity (Wildman–Crippen MR) is 84.5 cm³/mol. The van der Waals surface area contributed by atoms with Crippen LogP contribution in [0.5, 0.6) is 5.75 Å². The van der Waals surface area contributed by atoms with Gasteiger partial charge in [-0.1, -0.05) is 12.1 Å². The molecule has 2 rings (SSSR count). The van der Waals surface area contributed by atoms with Crippen molar-refractivity contribution in [2.24, 2.45) is 4.99 Å². The van der Waals surface area contributed by atoms with Crippen molar-refractivity contribution in [3.05, 3.63) is 57.2 Å². The molecule has 0 bridgehead atoms. The number of aromatic hydroxyl groups is 1. The second-order valence-corrected chi connectivity index (χ2v) is 5.24. The van der Waals surface area contributed by atoms with Gasteiger partial charge in [-0.15, -0.1) is 0 Å². The van der Waals surface area contributed by atoms with Crippen molar-refractivity contribution in [1.29, 1.82) is 0 Å². The van der Waals surface area contributed by atoms with Crippen molar-refractivity contribution < 1.29 is 9.90 Å². The number of carbonyl (C=O) groups is 1. The number of benzene rings is 2. The fourth-order valence-corrected chi connectivity index (χ4v) is 2.10. The van der Waals surface area contributed by atoms with Crippen LogP contribution in [0.2, 0.25) is 0 Å². The van der Waals surface area contributed by atoms with Gasteiger partial charge in [0, 0.05) is 11.8 Å². The number of nitrogens with zero attached hydrogens (tertiary/aromatic N) is 1. The van der Waals surface area contributed by atoms with Crippen LogP contribution in [0.15, 0.2) is 47.5 Å². The van der Waals surface area contributed by atoms with E-state index < -0.39 is 0 Å². The van der Waals surface area contributed by atoms with Crippen molar-refractivity contribution in [2.45, 2.75) is 6.92 Å². The molecule has 0 saturated carbocycles. The Morgan fingerprint density at radius 2 is 2.05 bits per heavy atom. The highest BCUT2D eigenvalue weighted by Gasteiger charge is 2.00. The number of aliphatic imine (C=N–C) groups is 1. The molecule has 3 nitrogen and oxygen atoms in total. The highest BCUT2D eigenvalue weighted by molar-refractivity contribution is 14.1. The molecule has 0 radical (unpaired) electrons. The summed E-state index contributed by atoms with van der Waals surface area (Å²) in [5, 5.41) is 9.44. The molecule has 2 aromatic carbocycles. The van der Waals surface area contributed by atoms with Crippen LogP contribution in [0, 0.1) is 3.57 Å². The number of rotatable bonds is 3. The number of phenols is 1. The summed E-state index contributed by atoms with van der Waals surface area (Å²) in [5.74, 6) is 0.285. The first kappa shape index (κ1) is 13.7. The molecule has 96 valence electrons. The zero-order chi connectivity index (χ0) is 13.8. The molecule has 0 aliphatic carbocycles. The Morgan fingerprint density at radius 1 is 1.26 bits per heavy atom. The van der Waals surface area contributed by atoms with E-state index in [-0.39, 0.29) is 11.5 Å². The summed E-state index contributed by atoms with van der Waals surface area (Å²) in [6.07, 6.45) is 1.71. The second-order valence-electron chi connectivity index (χ2n) is 4.08. The van der Waals surface area contributed by atoms with Gasteiger partial charge in [-0.3, -0.25) is 9.79 Å². The number of Topliss-reactive ketones (excluding diaryl/α,β-unsaturated/α-hetero) is 1. The third-order valence-corrected chi connectivity index (χ3v) is 3.45. The van der Waals surface area contributed by atoms with Gasteiger partial charge in [0.2, 0.25) is 0 Å². The summed E-state index contributed by atoms with van der Waals surface area (Å²) in [7, 11) is 0. The Kier molecular flexibility index (Phi) is 4.31. The minimum atomic E-state index is 0.0243. The van der Waals surface area contributed by atoms with Gasteiger partial charge in [0.15, 0.2) is 5.78 Å². The maximum Gasteiger partial charge on any atom is 0.159 e. The number of hydrogen-bond donors (Lipinski definition) is 1. The fraction of sp³-hybridized carbons (Fsp3) is 0.0667. The maximum atomic E-state index is 11.3. The lowest BCUT2D eigenvalue weighted by Crippen LogP contribution is -1.90. The van der Waals surface area contributed by atoms with Gasteiger partial charge in [-0.2, -0.15) is 0 Å². The van der Waals surface area contributed by atoms with E-state index in [0.717, 1.165) is 14.8 Å². The molecular weight excluding hydrogens is 353 g/mol. The summed E-state index contributed by atoms with van der Waals surface area (Å²) in [5.41, 5.74) is 2.28. The predicted octanol–water partition coefficient (Wildman–Crippen LogP) is 3.95. The largest absolute Gasteiger partial charge is 0.507 e. The third-order valence-electron chi connectivity index (χ3n) is 2.59. The lowest BCUT2D eigenvalue weighted by atomic mass is 10.1. The van der Waals surface area contributed by atoms with Crippen LogP contribution in [0.3, 0.4) is 0 Å². The normalized spacial score (nSPS) is 10.8. The first-order valence-corrected chi connectivity index (χ1v) is 6.78. The van der Waals surface area contributed by atoms with E-state index in [1.165, 1.54) is 6.92 Å². The molecule has 0 heterocycles. The smallest absolute Gasteiger partial charge is 0.159 e. The number of carbonyl (C=O) groups excluding carboxylic acids is 1. The Balaban J connectivity index is 2.24. The molecule has 0 aliphatic rings. The maximum absolute atomic E-state index is 11.3. The van der Waals surface area contributed by atoms with Crippen LogP contribution in [0.25, 0.3) is 0 Å². The standard InChI is InChI=1S/C15H12INO2/c1-10(18)12-3-2-4-13(8-12)17-9-11-5-6-15(19)14(16)7-11/h2-9,19H,1H3. The van der Waals surface area contributed by atoms with Crippen molar-refractivity contribution in [1.82, 2.24) is 0 Å². The summed E-state index contributed by atoms with van der Waals surface area (Å²) in [4.78, 5) is 15.6. The average molecular weight is 365 g/mol. The van der Waals surface area contributed by atoms with Gasteiger partial charge in [0.1, 0.15) is 5.75 Å². The fourth-order valence-electron chi connectivity index (χ4n) is 1.56. The number of halogens is 1. The molecule has 1 N–H and O–H groups in total. The van der Waals surface area contributed by atoms with Gasteiger partial charge in [-0.25, -0.2) is 0 Å². The number of hydrogen-bond acceptors (Lipinski definition) is 3. The lowest BCUT2D eigenvalue weighted by molar-refractivity contribution is 0.101. The van der Waals surface area contributed by atoms with Gasteiger partial charge >= 0.3 is 0 Å². The molecule has 0 aromatic heterocycles. The third kappa shape index (κ3) is 3.64. The second kappa shape index (κ2) is 5.97. The minimum absolute atomic E-state index is 0.0243. The zero-order valence-corrected chi connectivity index (χ0v) is 12.5. The van der Waals surface area contributed by atoms with E-state index in [1.807, 2.05) is 18.2 Å².